The van der Waals surface area contributed by atoms with E-state index in [1.165, 1.54) is 0 Å². The largest absolute Gasteiger partial charge is 0.481 e. The summed E-state index contributed by atoms with van der Waals surface area (Å²) in [7, 11) is 0. The molecule has 1 aromatic rings. The number of benzene rings is 1. The van der Waals surface area contributed by atoms with Crippen LogP contribution in [0.1, 0.15) is 25.8 Å². The van der Waals surface area contributed by atoms with Crippen LogP contribution in [0.4, 0.5) is 4.79 Å². The molecule has 1 aliphatic heterocycles. The van der Waals surface area contributed by atoms with Crippen molar-refractivity contribution in [1.82, 2.24) is 4.90 Å². The van der Waals surface area contributed by atoms with Crippen molar-refractivity contribution in [3.63, 3.8) is 0 Å². The Bertz CT molecular complexity index is 584. The van der Waals surface area contributed by atoms with Gasteiger partial charge in [0.1, 0.15) is 6.61 Å². The number of aliphatic carboxylic acids is 1. The monoisotopic (exact) mass is 319 g/mol. The molecular weight excluding hydrogens is 298 g/mol. The number of hydrogen-bond acceptors (Lipinski definition) is 4. The first-order valence-electron chi connectivity index (χ1n) is 7.65. The minimum Gasteiger partial charge on any atom is -0.481 e. The van der Waals surface area contributed by atoms with Gasteiger partial charge < -0.3 is 9.84 Å². The Morgan fingerprint density at radius 2 is 1.96 bits per heavy atom. The number of carbonyl (C=O) groups is 3. The summed E-state index contributed by atoms with van der Waals surface area (Å²) >= 11 is 0. The maximum atomic E-state index is 12.7. The Balaban J connectivity index is 2.17. The predicted octanol–water partition coefficient (Wildman–Crippen LogP) is 2.32. The van der Waals surface area contributed by atoms with Crippen molar-refractivity contribution in [2.75, 3.05) is 6.61 Å². The number of nitrogens with zero attached hydrogens (tertiary/aromatic N) is 1. The molecule has 1 saturated heterocycles. The zero-order valence-electron chi connectivity index (χ0n) is 13.3. The summed E-state index contributed by atoms with van der Waals surface area (Å²) in [6.07, 6.45) is -0.485. The highest BCUT2D eigenvalue weighted by Crippen LogP contribution is 2.25. The highest BCUT2D eigenvalue weighted by atomic mass is 16.6. The van der Waals surface area contributed by atoms with E-state index < -0.39 is 29.9 Å². The average molecular weight is 319 g/mol. The van der Waals surface area contributed by atoms with Crippen molar-refractivity contribution in [3.8, 4) is 0 Å². The van der Waals surface area contributed by atoms with E-state index in [1.54, 1.807) is 13.8 Å². The molecule has 0 aliphatic carbocycles. The van der Waals surface area contributed by atoms with Crippen LogP contribution in [0.2, 0.25) is 0 Å². The standard InChI is InChI=1S/C17H21NO5/c1-11(2)14(9-15(19)20)16(21)18-13(10-23-17(18)22)8-12-6-4-3-5-7-12/h3-7,11,13-14H,8-10H2,1-2H3,(H,19,20)/t13-,14?/m0/s1. The zero-order chi connectivity index (χ0) is 17.0. The first-order chi connectivity index (χ1) is 10.9. The van der Waals surface area contributed by atoms with Crippen LogP contribution in [-0.2, 0) is 20.7 Å². The number of rotatable bonds is 6. The number of imide groups is 1. The Kier molecular flexibility index (Phi) is 5.36. The van der Waals surface area contributed by atoms with Crippen LogP contribution in [-0.4, -0.2) is 40.6 Å². The van der Waals surface area contributed by atoms with Gasteiger partial charge in [-0.25, -0.2) is 9.69 Å². The average Bonchev–Trinajstić information content (AvgIpc) is 2.85. The summed E-state index contributed by atoms with van der Waals surface area (Å²) in [5.74, 6) is -2.43. The van der Waals surface area contributed by atoms with E-state index in [0.717, 1.165) is 10.5 Å². The molecule has 1 N–H and O–H groups in total. The van der Waals surface area contributed by atoms with Crippen LogP contribution >= 0.6 is 0 Å². The second-order valence-corrected chi connectivity index (χ2v) is 6.08. The number of hydrogen-bond donors (Lipinski definition) is 1. The lowest BCUT2D eigenvalue weighted by Gasteiger charge is -2.26. The summed E-state index contributed by atoms with van der Waals surface area (Å²) in [4.78, 5) is 36.8. The summed E-state index contributed by atoms with van der Waals surface area (Å²) in [5.41, 5.74) is 0.993. The molecule has 2 atom stereocenters. The van der Waals surface area contributed by atoms with E-state index in [9.17, 15) is 14.4 Å². The van der Waals surface area contributed by atoms with E-state index in [1.807, 2.05) is 30.3 Å². The summed E-state index contributed by atoms with van der Waals surface area (Å²) < 4.78 is 5.03. The van der Waals surface area contributed by atoms with Gasteiger partial charge in [0.2, 0.25) is 5.91 Å². The van der Waals surface area contributed by atoms with Crippen molar-refractivity contribution < 1.29 is 24.2 Å². The van der Waals surface area contributed by atoms with Crippen LogP contribution < -0.4 is 0 Å². The SMILES string of the molecule is CC(C)C(CC(=O)O)C(=O)N1C(=O)OC[C@@H]1Cc1ccccc1. The first-order valence-corrected chi connectivity index (χ1v) is 7.65. The Morgan fingerprint density at radius 3 is 2.52 bits per heavy atom. The fraction of sp³-hybridized carbons (Fsp3) is 0.471. The fourth-order valence-corrected chi connectivity index (χ4v) is 2.74. The smallest absolute Gasteiger partial charge is 0.416 e. The Hall–Kier alpha value is -2.37. The van der Waals surface area contributed by atoms with Gasteiger partial charge in [-0.1, -0.05) is 44.2 Å². The molecule has 1 aromatic carbocycles. The second kappa shape index (κ2) is 7.26. The predicted molar refractivity (Wildman–Crippen MR) is 82.7 cm³/mol. The van der Waals surface area contributed by atoms with E-state index in [2.05, 4.69) is 0 Å². The van der Waals surface area contributed by atoms with Gasteiger partial charge in [-0.05, 0) is 17.9 Å². The molecule has 0 bridgehead atoms. The molecule has 0 spiro atoms. The van der Waals surface area contributed by atoms with Gasteiger partial charge in [-0.15, -0.1) is 0 Å². The number of cyclic esters (lactones) is 1. The summed E-state index contributed by atoms with van der Waals surface area (Å²) in [6, 6.07) is 9.11. The van der Waals surface area contributed by atoms with Gasteiger partial charge in [0.25, 0.3) is 0 Å². The van der Waals surface area contributed by atoms with Gasteiger partial charge in [0.15, 0.2) is 0 Å². The van der Waals surface area contributed by atoms with E-state index in [-0.39, 0.29) is 18.9 Å². The highest BCUT2D eigenvalue weighted by molar-refractivity contribution is 5.96. The fourth-order valence-electron chi connectivity index (χ4n) is 2.74. The van der Waals surface area contributed by atoms with Gasteiger partial charge in [0, 0.05) is 0 Å². The van der Waals surface area contributed by atoms with Gasteiger partial charge in [-0.2, -0.15) is 0 Å². The number of carbonyl (C=O) groups excluding carboxylic acids is 2. The maximum absolute atomic E-state index is 12.7. The van der Waals surface area contributed by atoms with Crippen LogP contribution in [0.3, 0.4) is 0 Å². The lowest BCUT2D eigenvalue weighted by molar-refractivity contribution is -0.145. The van der Waals surface area contributed by atoms with E-state index in [4.69, 9.17) is 9.84 Å². The molecule has 6 nitrogen and oxygen atoms in total. The quantitative estimate of drug-likeness (QED) is 0.870. The first kappa shape index (κ1) is 17.0. The van der Waals surface area contributed by atoms with Crippen LogP contribution in [0, 0.1) is 11.8 Å². The van der Waals surface area contributed by atoms with Gasteiger partial charge in [0.05, 0.1) is 18.4 Å². The highest BCUT2D eigenvalue weighted by Gasteiger charge is 2.42. The topological polar surface area (TPSA) is 83.9 Å². The number of ether oxygens (including phenoxy) is 1. The molecule has 23 heavy (non-hydrogen) atoms. The summed E-state index contributed by atoms with van der Waals surface area (Å²) in [5, 5.41) is 9.00. The number of carboxylic acids is 1. The molecule has 124 valence electrons. The molecule has 6 heteroatoms. The molecule has 2 amide bonds. The Morgan fingerprint density at radius 1 is 1.30 bits per heavy atom. The van der Waals surface area contributed by atoms with Crippen molar-refractivity contribution >= 4 is 18.0 Å². The lowest BCUT2D eigenvalue weighted by atomic mass is 9.90. The minimum atomic E-state index is -1.05. The molecule has 2 rings (SSSR count). The normalized spacial score (nSPS) is 18.8. The van der Waals surface area contributed by atoms with Gasteiger partial charge in [-0.3, -0.25) is 9.59 Å². The molecule has 1 aliphatic rings. The van der Waals surface area contributed by atoms with Gasteiger partial charge >= 0.3 is 12.1 Å². The minimum absolute atomic E-state index is 0.136. The number of amides is 2. The third-order valence-electron chi connectivity index (χ3n) is 4.03. The van der Waals surface area contributed by atoms with Crippen molar-refractivity contribution in [2.45, 2.75) is 32.7 Å². The second-order valence-electron chi connectivity index (χ2n) is 6.08. The zero-order valence-corrected chi connectivity index (χ0v) is 13.3. The molecule has 0 saturated carbocycles. The third kappa shape index (κ3) is 4.09. The maximum Gasteiger partial charge on any atom is 0.416 e. The molecule has 1 unspecified atom stereocenters. The molecule has 1 fully saturated rings. The lowest BCUT2D eigenvalue weighted by Crippen LogP contribution is -2.45. The van der Waals surface area contributed by atoms with Crippen molar-refractivity contribution in [2.24, 2.45) is 11.8 Å². The summed E-state index contributed by atoms with van der Waals surface area (Å²) in [6.45, 7) is 3.69. The van der Waals surface area contributed by atoms with E-state index in [0.29, 0.717) is 6.42 Å². The molecular formula is C17H21NO5. The van der Waals surface area contributed by atoms with E-state index >= 15 is 0 Å². The van der Waals surface area contributed by atoms with Crippen LogP contribution in [0.25, 0.3) is 0 Å². The van der Waals surface area contributed by atoms with Crippen molar-refractivity contribution in [1.29, 1.82) is 0 Å². The molecule has 0 aromatic heterocycles. The Labute approximate surface area is 135 Å². The molecule has 1 heterocycles. The van der Waals surface area contributed by atoms with Crippen LogP contribution in [0.15, 0.2) is 30.3 Å². The third-order valence-corrected chi connectivity index (χ3v) is 4.03. The van der Waals surface area contributed by atoms with Crippen LogP contribution in [0.5, 0.6) is 0 Å². The molecule has 0 radical (unpaired) electrons. The number of carboxylic acid groups (broad SMARTS) is 1. The van der Waals surface area contributed by atoms with Crippen molar-refractivity contribution in [3.05, 3.63) is 35.9 Å².